The summed E-state index contributed by atoms with van der Waals surface area (Å²) in [6.07, 6.45) is 2.93. The third-order valence-corrected chi connectivity index (χ3v) is 6.37. The van der Waals surface area contributed by atoms with Crippen LogP contribution in [0.1, 0.15) is 40.0 Å². The number of piperidine rings is 1. The minimum atomic E-state index is -3.31. The van der Waals surface area contributed by atoms with E-state index in [1.165, 1.54) is 0 Å². The zero-order valence-corrected chi connectivity index (χ0v) is 15.0. The number of rotatable bonds is 5. The molecule has 2 heterocycles. The van der Waals surface area contributed by atoms with Crippen LogP contribution in [0.3, 0.4) is 0 Å². The molecule has 0 saturated carbocycles. The Balaban J connectivity index is 0.00000220. The van der Waals surface area contributed by atoms with E-state index in [0.717, 1.165) is 32.4 Å². The smallest absolute Gasteiger partial charge is 0.282 e. The minimum Gasteiger partial charge on any atom is -0.315 e. The van der Waals surface area contributed by atoms with Crippen molar-refractivity contribution < 1.29 is 8.42 Å². The van der Waals surface area contributed by atoms with Gasteiger partial charge >= 0.3 is 0 Å². The Bertz CT molecular complexity index is 402. The summed E-state index contributed by atoms with van der Waals surface area (Å²) in [7, 11) is -3.31. The van der Waals surface area contributed by atoms with Gasteiger partial charge in [0.1, 0.15) is 0 Å². The molecule has 0 radical (unpaired) electrons. The van der Waals surface area contributed by atoms with Crippen LogP contribution < -0.4 is 5.32 Å². The maximum atomic E-state index is 13.0. The molecule has 3 atom stereocenters. The molecular formula is C14H30ClN3O2S. The van der Waals surface area contributed by atoms with Crippen LogP contribution in [0.15, 0.2) is 0 Å². The van der Waals surface area contributed by atoms with Gasteiger partial charge in [-0.2, -0.15) is 17.0 Å². The third-order valence-electron chi connectivity index (χ3n) is 4.34. The van der Waals surface area contributed by atoms with E-state index in [1.807, 2.05) is 6.92 Å². The SMILES string of the molecule is CCCN(C1CCNC1)S(=O)(=O)N1CC(C)CC(C)C1.Cl. The van der Waals surface area contributed by atoms with Gasteiger partial charge in [-0.05, 0) is 37.6 Å². The van der Waals surface area contributed by atoms with Crippen LogP contribution in [-0.2, 0) is 10.2 Å². The van der Waals surface area contributed by atoms with E-state index in [-0.39, 0.29) is 18.4 Å². The highest BCUT2D eigenvalue weighted by atomic mass is 35.5. The van der Waals surface area contributed by atoms with Crippen molar-refractivity contribution in [2.45, 2.75) is 46.1 Å². The molecule has 0 aliphatic carbocycles. The van der Waals surface area contributed by atoms with Crippen LogP contribution in [0.25, 0.3) is 0 Å². The van der Waals surface area contributed by atoms with Crippen LogP contribution in [0.2, 0.25) is 0 Å². The Labute approximate surface area is 136 Å². The maximum absolute atomic E-state index is 13.0. The molecule has 0 aromatic heterocycles. The van der Waals surface area contributed by atoms with Gasteiger partial charge in [0.15, 0.2) is 0 Å². The monoisotopic (exact) mass is 339 g/mol. The van der Waals surface area contributed by atoms with Gasteiger partial charge in [0.2, 0.25) is 0 Å². The molecule has 0 amide bonds. The van der Waals surface area contributed by atoms with E-state index >= 15 is 0 Å². The van der Waals surface area contributed by atoms with Gasteiger partial charge in [-0.25, -0.2) is 0 Å². The second-order valence-electron chi connectivity index (χ2n) is 6.53. The lowest BCUT2D eigenvalue weighted by molar-refractivity contribution is 0.201. The van der Waals surface area contributed by atoms with Crippen molar-refractivity contribution in [3.63, 3.8) is 0 Å². The summed E-state index contributed by atoms with van der Waals surface area (Å²) < 4.78 is 29.4. The van der Waals surface area contributed by atoms with Crippen LogP contribution in [0.4, 0.5) is 0 Å². The Morgan fingerprint density at radius 2 is 1.86 bits per heavy atom. The van der Waals surface area contributed by atoms with Crippen LogP contribution in [-0.4, -0.2) is 55.8 Å². The van der Waals surface area contributed by atoms with Gasteiger partial charge in [0.25, 0.3) is 10.2 Å². The van der Waals surface area contributed by atoms with E-state index in [1.54, 1.807) is 8.61 Å². The number of hydrogen-bond acceptors (Lipinski definition) is 3. The molecule has 0 bridgehead atoms. The van der Waals surface area contributed by atoms with Crippen molar-refractivity contribution in [2.75, 3.05) is 32.7 Å². The highest BCUT2D eigenvalue weighted by Gasteiger charge is 2.38. The lowest BCUT2D eigenvalue weighted by Gasteiger charge is -2.38. The molecule has 0 spiro atoms. The molecule has 126 valence electrons. The first-order chi connectivity index (χ1) is 9.45. The highest BCUT2D eigenvalue weighted by molar-refractivity contribution is 7.86. The fraction of sp³-hybridized carbons (Fsp3) is 1.00. The van der Waals surface area contributed by atoms with E-state index in [9.17, 15) is 8.42 Å². The summed E-state index contributed by atoms with van der Waals surface area (Å²) in [6.45, 7) is 10.0. The number of hydrogen-bond donors (Lipinski definition) is 1. The van der Waals surface area contributed by atoms with Crippen molar-refractivity contribution in [3.05, 3.63) is 0 Å². The summed E-state index contributed by atoms with van der Waals surface area (Å²) in [5.74, 6) is 0.914. The zero-order chi connectivity index (χ0) is 14.8. The normalized spacial score (nSPS) is 31.3. The predicted molar refractivity (Wildman–Crippen MR) is 89.0 cm³/mol. The molecule has 5 nitrogen and oxygen atoms in total. The first-order valence-electron chi connectivity index (χ1n) is 7.92. The lowest BCUT2D eigenvalue weighted by atomic mass is 9.94. The second-order valence-corrected chi connectivity index (χ2v) is 8.41. The minimum absolute atomic E-state index is 0. The molecule has 2 aliphatic rings. The molecule has 2 aliphatic heterocycles. The van der Waals surface area contributed by atoms with Gasteiger partial charge in [-0.15, -0.1) is 12.4 Å². The van der Waals surface area contributed by atoms with Crippen LogP contribution >= 0.6 is 12.4 Å². The Morgan fingerprint density at radius 1 is 1.24 bits per heavy atom. The highest BCUT2D eigenvalue weighted by Crippen LogP contribution is 2.26. The molecule has 0 aromatic carbocycles. The fourth-order valence-corrected chi connectivity index (χ4v) is 5.69. The van der Waals surface area contributed by atoms with Crippen molar-refractivity contribution in [1.29, 1.82) is 0 Å². The Hall–Kier alpha value is 0.120. The molecule has 21 heavy (non-hydrogen) atoms. The topological polar surface area (TPSA) is 52.7 Å². The molecule has 3 unspecified atom stereocenters. The van der Waals surface area contributed by atoms with Gasteiger partial charge in [0, 0.05) is 32.2 Å². The summed E-state index contributed by atoms with van der Waals surface area (Å²) in [5.41, 5.74) is 0. The van der Waals surface area contributed by atoms with Crippen molar-refractivity contribution in [3.8, 4) is 0 Å². The molecule has 1 N–H and O–H groups in total. The third kappa shape index (κ3) is 4.55. The van der Waals surface area contributed by atoms with Gasteiger partial charge in [-0.3, -0.25) is 0 Å². The number of halogens is 1. The first kappa shape index (κ1) is 19.2. The van der Waals surface area contributed by atoms with E-state index < -0.39 is 10.2 Å². The maximum Gasteiger partial charge on any atom is 0.282 e. The molecule has 7 heteroatoms. The van der Waals surface area contributed by atoms with Gasteiger partial charge in [0.05, 0.1) is 0 Å². The standard InChI is InChI=1S/C14H29N3O2S.ClH/c1-4-7-17(14-5-6-15-9-14)20(18,19)16-10-12(2)8-13(3)11-16;/h12-15H,4-11H2,1-3H3;1H. The second kappa shape index (κ2) is 8.11. The summed E-state index contributed by atoms with van der Waals surface area (Å²) in [5, 5.41) is 3.28. The quantitative estimate of drug-likeness (QED) is 0.829. The van der Waals surface area contributed by atoms with Crippen LogP contribution in [0.5, 0.6) is 0 Å². The van der Waals surface area contributed by atoms with E-state index in [4.69, 9.17) is 0 Å². The summed E-state index contributed by atoms with van der Waals surface area (Å²) in [6, 6.07) is 0.132. The first-order valence-corrected chi connectivity index (χ1v) is 9.32. The average molecular weight is 340 g/mol. The number of nitrogens with zero attached hydrogens (tertiary/aromatic N) is 2. The molecule has 2 saturated heterocycles. The number of nitrogens with one attached hydrogen (secondary N) is 1. The molecule has 2 rings (SSSR count). The van der Waals surface area contributed by atoms with E-state index in [0.29, 0.717) is 31.5 Å². The molecule has 0 aromatic rings. The van der Waals surface area contributed by atoms with Crippen molar-refractivity contribution in [2.24, 2.45) is 11.8 Å². The summed E-state index contributed by atoms with van der Waals surface area (Å²) in [4.78, 5) is 0. The average Bonchev–Trinajstić information content (AvgIpc) is 2.88. The van der Waals surface area contributed by atoms with Crippen LogP contribution in [0, 0.1) is 11.8 Å². The lowest BCUT2D eigenvalue weighted by Crippen LogP contribution is -2.53. The van der Waals surface area contributed by atoms with Crippen molar-refractivity contribution >= 4 is 22.6 Å². The Morgan fingerprint density at radius 3 is 2.33 bits per heavy atom. The van der Waals surface area contributed by atoms with Gasteiger partial charge < -0.3 is 5.32 Å². The fourth-order valence-electron chi connectivity index (χ4n) is 3.53. The largest absolute Gasteiger partial charge is 0.315 e. The summed E-state index contributed by atoms with van der Waals surface area (Å²) >= 11 is 0. The van der Waals surface area contributed by atoms with E-state index in [2.05, 4.69) is 19.2 Å². The van der Waals surface area contributed by atoms with Gasteiger partial charge in [-0.1, -0.05) is 20.8 Å². The molecular weight excluding hydrogens is 310 g/mol. The predicted octanol–water partition coefficient (Wildman–Crippen LogP) is 1.70. The Kier molecular flexibility index (Phi) is 7.40. The zero-order valence-electron chi connectivity index (χ0n) is 13.4. The van der Waals surface area contributed by atoms with Crippen molar-refractivity contribution in [1.82, 2.24) is 13.9 Å². The molecule has 2 fully saturated rings.